The van der Waals surface area contributed by atoms with E-state index in [-0.39, 0.29) is 0 Å². The summed E-state index contributed by atoms with van der Waals surface area (Å²) in [7, 11) is 3.23. The van der Waals surface area contributed by atoms with Gasteiger partial charge in [-0.1, -0.05) is 22.9 Å². The SMILES string of the molecule is COc1ccc(Nc2nc3ccc(Cl)cc3s2)cc1OC. The summed E-state index contributed by atoms with van der Waals surface area (Å²) < 4.78 is 11.6. The number of ether oxygens (including phenoxy) is 2. The summed E-state index contributed by atoms with van der Waals surface area (Å²) in [6.07, 6.45) is 0. The van der Waals surface area contributed by atoms with Crippen LogP contribution in [0.1, 0.15) is 0 Å². The summed E-state index contributed by atoms with van der Waals surface area (Å²) in [4.78, 5) is 4.52. The highest BCUT2D eigenvalue weighted by Crippen LogP contribution is 2.34. The van der Waals surface area contributed by atoms with E-state index in [0.717, 1.165) is 21.0 Å². The molecule has 0 aliphatic rings. The molecule has 0 fully saturated rings. The Morgan fingerprint density at radius 1 is 1.05 bits per heavy atom. The van der Waals surface area contributed by atoms with Crippen molar-refractivity contribution in [2.75, 3.05) is 19.5 Å². The molecule has 0 aliphatic heterocycles. The Labute approximate surface area is 131 Å². The van der Waals surface area contributed by atoms with E-state index in [2.05, 4.69) is 10.3 Å². The predicted molar refractivity (Wildman–Crippen MR) is 87.5 cm³/mol. The van der Waals surface area contributed by atoms with Crippen molar-refractivity contribution in [3.05, 3.63) is 41.4 Å². The Balaban J connectivity index is 1.91. The van der Waals surface area contributed by atoms with Crippen molar-refractivity contribution < 1.29 is 9.47 Å². The van der Waals surface area contributed by atoms with Crippen molar-refractivity contribution in [1.29, 1.82) is 0 Å². The summed E-state index contributed by atoms with van der Waals surface area (Å²) in [6.45, 7) is 0. The summed E-state index contributed by atoms with van der Waals surface area (Å²) in [5.41, 5.74) is 1.81. The van der Waals surface area contributed by atoms with Crippen molar-refractivity contribution in [2.45, 2.75) is 0 Å². The second-order valence-corrected chi connectivity index (χ2v) is 5.79. The molecule has 1 aromatic heterocycles. The van der Waals surface area contributed by atoms with Crippen molar-refractivity contribution in [2.24, 2.45) is 0 Å². The van der Waals surface area contributed by atoms with Crippen molar-refractivity contribution in [1.82, 2.24) is 4.98 Å². The third-order valence-corrected chi connectivity index (χ3v) is 4.15. The molecule has 1 heterocycles. The van der Waals surface area contributed by atoms with Crippen LogP contribution < -0.4 is 14.8 Å². The molecule has 108 valence electrons. The minimum Gasteiger partial charge on any atom is -0.493 e. The van der Waals surface area contributed by atoms with Gasteiger partial charge in [-0.25, -0.2) is 4.98 Å². The zero-order valence-electron chi connectivity index (χ0n) is 11.5. The minimum absolute atomic E-state index is 0.673. The van der Waals surface area contributed by atoms with Crippen LogP contribution in [0.4, 0.5) is 10.8 Å². The molecular formula is C15H13ClN2O2S. The van der Waals surface area contributed by atoms with Crippen LogP contribution >= 0.6 is 22.9 Å². The topological polar surface area (TPSA) is 43.4 Å². The number of benzene rings is 2. The molecule has 2 aromatic carbocycles. The predicted octanol–water partition coefficient (Wildman–Crippen LogP) is 4.71. The van der Waals surface area contributed by atoms with Gasteiger partial charge < -0.3 is 14.8 Å². The smallest absolute Gasteiger partial charge is 0.188 e. The molecule has 0 saturated carbocycles. The quantitative estimate of drug-likeness (QED) is 0.756. The maximum atomic E-state index is 5.99. The van der Waals surface area contributed by atoms with Gasteiger partial charge in [0.25, 0.3) is 0 Å². The number of halogens is 1. The lowest BCUT2D eigenvalue weighted by molar-refractivity contribution is 0.355. The molecule has 0 spiro atoms. The summed E-state index contributed by atoms with van der Waals surface area (Å²) in [5.74, 6) is 1.37. The van der Waals surface area contributed by atoms with Crippen LogP contribution in [0, 0.1) is 0 Å². The number of hydrogen-bond acceptors (Lipinski definition) is 5. The molecule has 0 radical (unpaired) electrons. The molecule has 1 N–H and O–H groups in total. The standard InChI is InChI=1S/C15H13ClN2O2S/c1-19-12-6-4-10(8-13(12)20-2)17-15-18-11-5-3-9(16)7-14(11)21-15/h3-8H,1-2H3,(H,17,18). The summed E-state index contributed by atoms with van der Waals surface area (Å²) >= 11 is 7.54. The highest BCUT2D eigenvalue weighted by atomic mass is 35.5. The van der Waals surface area contributed by atoms with E-state index in [9.17, 15) is 0 Å². The van der Waals surface area contributed by atoms with Crippen LogP contribution in [-0.2, 0) is 0 Å². The molecule has 3 rings (SSSR count). The molecule has 0 saturated heterocycles. The molecule has 0 unspecified atom stereocenters. The molecule has 3 aromatic rings. The zero-order chi connectivity index (χ0) is 14.8. The Bertz CT molecular complexity index is 788. The Hall–Kier alpha value is -1.98. The number of thiazole rings is 1. The van der Waals surface area contributed by atoms with Crippen molar-refractivity contribution in [3.63, 3.8) is 0 Å². The normalized spacial score (nSPS) is 10.6. The molecule has 21 heavy (non-hydrogen) atoms. The van der Waals surface area contributed by atoms with E-state index in [1.54, 1.807) is 25.6 Å². The zero-order valence-corrected chi connectivity index (χ0v) is 13.1. The number of methoxy groups -OCH3 is 2. The lowest BCUT2D eigenvalue weighted by Crippen LogP contribution is -1.93. The maximum absolute atomic E-state index is 5.99. The fraction of sp³-hybridized carbons (Fsp3) is 0.133. The van der Waals surface area contributed by atoms with E-state index in [4.69, 9.17) is 21.1 Å². The molecule has 4 nitrogen and oxygen atoms in total. The van der Waals surface area contributed by atoms with Gasteiger partial charge in [-0.15, -0.1) is 0 Å². The second kappa shape index (κ2) is 5.79. The first-order valence-corrected chi connectivity index (χ1v) is 7.44. The first kappa shape index (κ1) is 14.0. The van der Waals surface area contributed by atoms with E-state index in [0.29, 0.717) is 16.5 Å². The summed E-state index contributed by atoms with van der Waals surface area (Å²) in [6, 6.07) is 11.3. The highest BCUT2D eigenvalue weighted by molar-refractivity contribution is 7.22. The van der Waals surface area contributed by atoms with Crippen molar-refractivity contribution >= 4 is 44.0 Å². The average molecular weight is 321 g/mol. The van der Waals surface area contributed by atoms with Gasteiger partial charge in [0.1, 0.15) is 0 Å². The van der Waals surface area contributed by atoms with Gasteiger partial charge in [-0.2, -0.15) is 0 Å². The van der Waals surface area contributed by atoms with E-state index in [1.807, 2.05) is 36.4 Å². The minimum atomic E-state index is 0.673. The first-order chi connectivity index (χ1) is 10.2. The summed E-state index contributed by atoms with van der Waals surface area (Å²) in [5, 5.41) is 4.78. The van der Waals surface area contributed by atoms with Gasteiger partial charge in [0, 0.05) is 16.8 Å². The molecule has 6 heteroatoms. The maximum Gasteiger partial charge on any atom is 0.188 e. The number of aromatic nitrogens is 1. The molecule has 0 bridgehead atoms. The first-order valence-electron chi connectivity index (χ1n) is 6.25. The Morgan fingerprint density at radius 2 is 1.86 bits per heavy atom. The fourth-order valence-electron chi connectivity index (χ4n) is 1.99. The monoisotopic (exact) mass is 320 g/mol. The number of fused-ring (bicyclic) bond motifs is 1. The molecule has 0 amide bonds. The molecular weight excluding hydrogens is 308 g/mol. The van der Waals surface area contributed by atoms with E-state index < -0.39 is 0 Å². The van der Waals surface area contributed by atoms with Gasteiger partial charge in [-0.05, 0) is 30.3 Å². The lowest BCUT2D eigenvalue weighted by atomic mass is 10.3. The van der Waals surface area contributed by atoms with Gasteiger partial charge in [0.15, 0.2) is 16.6 Å². The lowest BCUT2D eigenvalue weighted by Gasteiger charge is -2.09. The van der Waals surface area contributed by atoms with Crippen LogP contribution in [0.2, 0.25) is 5.02 Å². The number of nitrogens with one attached hydrogen (secondary N) is 1. The van der Waals surface area contributed by atoms with Gasteiger partial charge >= 0.3 is 0 Å². The van der Waals surface area contributed by atoms with E-state index >= 15 is 0 Å². The second-order valence-electron chi connectivity index (χ2n) is 4.33. The molecule has 0 aliphatic carbocycles. The van der Waals surface area contributed by atoms with Gasteiger partial charge in [-0.3, -0.25) is 0 Å². The number of anilines is 2. The van der Waals surface area contributed by atoms with Crippen molar-refractivity contribution in [3.8, 4) is 11.5 Å². The third-order valence-electron chi connectivity index (χ3n) is 2.99. The van der Waals surface area contributed by atoms with Crippen LogP contribution in [0.15, 0.2) is 36.4 Å². The van der Waals surface area contributed by atoms with Crippen LogP contribution in [0.3, 0.4) is 0 Å². The van der Waals surface area contributed by atoms with E-state index in [1.165, 1.54) is 0 Å². The highest BCUT2D eigenvalue weighted by Gasteiger charge is 2.08. The van der Waals surface area contributed by atoms with Crippen LogP contribution in [0.25, 0.3) is 10.2 Å². The Kier molecular flexibility index (Phi) is 3.86. The van der Waals surface area contributed by atoms with Gasteiger partial charge in [0.2, 0.25) is 0 Å². The number of hydrogen-bond donors (Lipinski definition) is 1. The fourth-order valence-corrected chi connectivity index (χ4v) is 3.15. The Morgan fingerprint density at radius 3 is 2.62 bits per heavy atom. The number of nitrogens with zero attached hydrogens (tertiary/aromatic N) is 1. The molecule has 0 atom stereocenters. The average Bonchev–Trinajstić information content (AvgIpc) is 2.88. The number of rotatable bonds is 4. The van der Waals surface area contributed by atoms with Crippen LogP contribution in [0.5, 0.6) is 11.5 Å². The third kappa shape index (κ3) is 2.89. The van der Waals surface area contributed by atoms with Gasteiger partial charge in [0.05, 0.1) is 24.4 Å². The van der Waals surface area contributed by atoms with Crippen LogP contribution in [-0.4, -0.2) is 19.2 Å². The largest absolute Gasteiger partial charge is 0.493 e.